The number of hydrogen-bond donors (Lipinski definition) is 1. The molecule has 0 radical (unpaired) electrons. The molecule has 5 heteroatoms. The third-order valence-electron chi connectivity index (χ3n) is 2.79. The minimum Gasteiger partial charge on any atom is -0.486 e. The molecule has 1 aromatic carbocycles. The maximum absolute atomic E-state index is 5.78. The lowest BCUT2D eigenvalue weighted by Crippen LogP contribution is -2.06. The molecule has 0 unspecified atom stereocenters. The summed E-state index contributed by atoms with van der Waals surface area (Å²) >= 11 is 1.67. The third-order valence-corrected chi connectivity index (χ3v) is 3.86. The number of aryl methyl sites for hydroxylation is 1. The smallest absolute Gasteiger partial charge is 0.140 e. The second-order valence-electron chi connectivity index (χ2n) is 4.55. The van der Waals surface area contributed by atoms with E-state index in [0.29, 0.717) is 13.2 Å². The summed E-state index contributed by atoms with van der Waals surface area (Å²) in [6.45, 7) is 3.89. The molecule has 0 fully saturated rings. The number of methoxy groups -OCH3 is 1. The summed E-state index contributed by atoms with van der Waals surface area (Å²) in [4.78, 5) is 5.79. The van der Waals surface area contributed by atoms with E-state index >= 15 is 0 Å². The maximum Gasteiger partial charge on any atom is 0.140 e. The average Bonchev–Trinajstić information content (AvgIpc) is 2.80. The summed E-state index contributed by atoms with van der Waals surface area (Å²) < 4.78 is 11.0. The predicted octanol–water partition coefficient (Wildman–Crippen LogP) is 2.90. The van der Waals surface area contributed by atoms with Gasteiger partial charge in [-0.2, -0.15) is 0 Å². The molecule has 1 heterocycles. The number of hydrogen-bond acceptors (Lipinski definition) is 5. The maximum atomic E-state index is 5.78. The minimum absolute atomic E-state index is 0.495. The van der Waals surface area contributed by atoms with Gasteiger partial charge >= 0.3 is 0 Å². The number of ether oxygens (including phenoxy) is 2. The van der Waals surface area contributed by atoms with Gasteiger partial charge in [0.05, 0.1) is 12.3 Å². The van der Waals surface area contributed by atoms with Crippen LogP contribution in [0.2, 0.25) is 0 Å². The van der Waals surface area contributed by atoms with E-state index in [2.05, 4.69) is 23.3 Å². The predicted molar refractivity (Wildman–Crippen MR) is 81.1 cm³/mol. The van der Waals surface area contributed by atoms with Crippen molar-refractivity contribution in [3.05, 3.63) is 45.4 Å². The number of rotatable bonds is 7. The van der Waals surface area contributed by atoms with E-state index in [1.54, 1.807) is 18.4 Å². The van der Waals surface area contributed by atoms with E-state index in [1.807, 2.05) is 25.2 Å². The largest absolute Gasteiger partial charge is 0.486 e. The fourth-order valence-corrected chi connectivity index (χ4v) is 2.89. The van der Waals surface area contributed by atoms with Crippen molar-refractivity contribution >= 4 is 11.3 Å². The fourth-order valence-electron chi connectivity index (χ4n) is 1.90. The van der Waals surface area contributed by atoms with Crippen LogP contribution in [0.5, 0.6) is 5.75 Å². The van der Waals surface area contributed by atoms with Crippen molar-refractivity contribution in [2.45, 2.75) is 26.7 Å². The van der Waals surface area contributed by atoms with E-state index in [0.717, 1.165) is 23.0 Å². The van der Waals surface area contributed by atoms with Crippen molar-refractivity contribution in [3.63, 3.8) is 0 Å². The highest BCUT2D eigenvalue weighted by molar-refractivity contribution is 7.11. The second kappa shape index (κ2) is 7.38. The Hall–Kier alpha value is -1.43. The van der Waals surface area contributed by atoms with Gasteiger partial charge in [0.15, 0.2) is 0 Å². The molecule has 1 aromatic heterocycles. The van der Waals surface area contributed by atoms with Crippen LogP contribution in [0.15, 0.2) is 24.3 Å². The lowest BCUT2D eigenvalue weighted by atomic mass is 10.2. The summed E-state index contributed by atoms with van der Waals surface area (Å²) in [5, 5.41) is 4.13. The van der Waals surface area contributed by atoms with E-state index < -0.39 is 0 Å². The molecule has 0 aliphatic carbocycles. The van der Waals surface area contributed by atoms with Gasteiger partial charge in [0, 0.05) is 18.5 Å². The summed E-state index contributed by atoms with van der Waals surface area (Å²) in [7, 11) is 3.62. The lowest BCUT2D eigenvalue weighted by Gasteiger charge is -2.04. The molecule has 2 rings (SSSR count). The molecular weight excluding hydrogens is 272 g/mol. The summed E-state index contributed by atoms with van der Waals surface area (Å²) in [6.07, 6.45) is 0. The molecule has 4 nitrogen and oxygen atoms in total. The van der Waals surface area contributed by atoms with Crippen molar-refractivity contribution in [2.24, 2.45) is 0 Å². The highest BCUT2D eigenvalue weighted by atomic mass is 32.1. The Morgan fingerprint density at radius 1 is 1.30 bits per heavy atom. The number of nitrogens with one attached hydrogen (secondary N) is 1. The monoisotopic (exact) mass is 292 g/mol. The Morgan fingerprint density at radius 2 is 2.15 bits per heavy atom. The van der Waals surface area contributed by atoms with Crippen molar-refractivity contribution in [3.8, 4) is 5.75 Å². The molecule has 0 aliphatic rings. The van der Waals surface area contributed by atoms with Crippen molar-refractivity contribution in [1.82, 2.24) is 10.3 Å². The number of nitrogens with zero attached hydrogens (tertiary/aromatic N) is 1. The summed E-state index contributed by atoms with van der Waals surface area (Å²) in [5.41, 5.74) is 2.19. The highest BCUT2D eigenvalue weighted by Crippen LogP contribution is 2.21. The molecule has 0 aliphatic heterocycles. The minimum atomic E-state index is 0.495. The second-order valence-corrected chi connectivity index (χ2v) is 5.71. The van der Waals surface area contributed by atoms with Gasteiger partial charge in [0.25, 0.3) is 0 Å². The lowest BCUT2D eigenvalue weighted by molar-refractivity contribution is 0.180. The Labute approximate surface area is 123 Å². The van der Waals surface area contributed by atoms with Crippen LogP contribution in [0.3, 0.4) is 0 Å². The first-order valence-electron chi connectivity index (χ1n) is 6.53. The van der Waals surface area contributed by atoms with Gasteiger partial charge in [0.2, 0.25) is 0 Å². The zero-order valence-electron chi connectivity index (χ0n) is 12.1. The Morgan fingerprint density at radius 3 is 2.85 bits per heavy atom. The summed E-state index contributed by atoms with van der Waals surface area (Å²) in [5.74, 6) is 0.878. The van der Waals surface area contributed by atoms with Crippen LogP contribution in [-0.4, -0.2) is 19.1 Å². The van der Waals surface area contributed by atoms with E-state index in [-0.39, 0.29) is 0 Å². The zero-order valence-corrected chi connectivity index (χ0v) is 12.9. The van der Waals surface area contributed by atoms with Gasteiger partial charge in [-0.1, -0.05) is 12.1 Å². The highest BCUT2D eigenvalue weighted by Gasteiger charge is 2.11. The van der Waals surface area contributed by atoms with E-state index in [1.165, 1.54) is 10.4 Å². The Kier molecular flexibility index (Phi) is 5.52. The van der Waals surface area contributed by atoms with Gasteiger partial charge < -0.3 is 14.8 Å². The molecular formula is C15H20N2O2S. The first-order chi connectivity index (χ1) is 9.72. The average molecular weight is 292 g/mol. The molecule has 0 amide bonds. The molecule has 0 spiro atoms. The zero-order chi connectivity index (χ0) is 14.4. The van der Waals surface area contributed by atoms with Crippen molar-refractivity contribution in [2.75, 3.05) is 14.2 Å². The van der Waals surface area contributed by atoms with Gasteiger partial charge in [-0.25, -0.2) is 4.98 Å². The van der Waals surface area contributed by atoms with Gasteiger partial charge in [-0.05, 0) is 31.7 Å². The SMILES string of the molecule is CNCc1sc(COc2cccc(C)c2)nc1COC. The van der Waals surface area contributed by atoms with Crippen molar-refractivity contribution < 1.29 is 9.47 Å². The number of aromatic nitrogens is 1. The third kappa shape index (κ3) is 4.03. The molecule has 1 N–H and O–H groups in total. The quantitative estimate of drug-likeness (QED) is 0.852. The van der Waals surface area contributed by atoms with Gasteiger partial charge in [-0.3, -0.25) is 0 Å². The van der Waals surface area contributed by atoms with Crippen LogP contribution in [0.25, 0.3) is 0 Å². The Balaban J connectivity index is 2.03. The van der Waals surface area contributed by atoms with Crippen LogP contribution in [0.4, 0.5) is 0 Å². The standard InChI is InChI=1S/C15H20N2O2S/c1-11-5-4-6-12(7-11)19-10-15-17-13(9-18-3)14(20-15)8-16-2/h4-7,16H,8-10H2,1-3H3. The summed E-state index contributed by atoms with van der Waals surface area (Å²) in [6, 6.07) is 8.04. The number of benzene rings is 1. The molecule has 0 atom stereocenters. The van der Waals surface area contributed by atoms with Crippen LogP contribution < -0.4 is 10.1 Å². The molecule has 0 saturated carbocycles. The van der Waals surface area contributed by atoms with Crippen LogP contribution in [0.1, 0.15) is 21.1 Å². The molecule has 108 valence electrons. The first kappa shape index (κ1) is 15.0. The molecule has 0 saturated heterocycles. The fraction of sp³-hybridized carbons (Fsp3) is 0.400. The molecule has 2 aromatic rings. The Bertz CT molecular complexity index is 531. The normalized spacial score (nSPS) is 10.8. The van der Waals surface area contributed by atoms with E-state index in [4.69, 9.17) is 9.47 Å². The topological polar surface area (TPSA) is 43.4 Å². The van der Waals surface area contributed by atoms with Gasteiger partial charge in [-0.15, -0.1) is 11.3 Å². The van der Waals surface area contributed by atoms with Crippen LogP contribution in [-0.2, 0) is 24.5 Å². The van der Waals surface area contributed by atoms with Crippen LogP contribution >= 0.6 is 11.3 Å². The van der Waals surface area contributed by atoms with Crippen molar-refractivity contribution in [1.29, 1.82) is 0 Å². The van der Waals surface area contributed by atoms with E-state index in [9.17, 15) is 0 Å². The first-order valence-corrected chi connectivity index (χ1v) is 7.35. The van der Waals surface area contributed by atoms with Crippen LogP contribution in [0, 0.1) is 6.92 Å². The molecule has 0 bridgehead atoms. The van der Waals surface area contributed by atoms with Gasteiger partial charge in [0.1, 0.15) is 17.4 Å². The number of thiazole rings is 1. The molecule has 20 heavy (non-hydrogen) atoms.